The monoisotopic (exact) mass is 420 g/mol. The summed E-state index contributed by atoms with van der Waals surface area (Å²) in [5.41, 5.74) is 0.338. The average molecular weight is 421 g/mol. The van der Waals surface area contributed by atoms with E-state index >= 15 is 0 Å². The highest BCUT2D eigenvalue weighted by molar-refractivity contribution is 7.92. The fourth-order valence-corrected chi connectivity index (χ4v) is 3.94. The maximum Gasteiger partial charge on any atom is 0.263 e. The van der Waals surface area contributed by atoms with Crippen molar-refractivity contribution in [1.82, 2.24) is 0 Å². The Morgan fingerprint density at radius 1 is 1.00 bits per heavy atom. The Balaban J connectivity index is 1.89. The quantitative estimate of drug-likeness (QED) is 0.538. The third-order valence-corrected chi connectivity index (χ3v) is 5.59. The summed E-state index contributed by atoms with van der Waals surface area (Å²) in [7, 11) is -4.13. The van der Waals surface area contributed by atoms with Gasteiger partial charge in [0.05, 0.1) is 10.7 Å². The molecule has 6 nitrogen and oxygen atoms in total. The van der Waals surface area contributed by atoms with Crippen LogP contribution in [0.5, 0.6) is 5.75 Å². The number of benzene rings is 3. The molecule has 3 aromatic carbocycles. The Morgan fingerprint density at radius 2 is 1.68 bits per heavy atom. The zero-order valence-corrected chi connectivity index (χ0v) is 15.8. The van der Waals surface area contributed by atoms with Gasteiger partial charge in [-0.25, -0.2) is 12.8 Å². The lowest BCUT2D eigenvalue weighted by Gasteiger charge is -2.12. The largest absolute Gasteiger partial charge is 0.506 e. The van der Waals surface area contributed by atoms with Crippen LogP contribution in [0.2, 0.25) is 5.02 Å². The van der Waals surface area contributed by atoms with Crippen LogP contribution in [-0.2, 0) is 10.0 Å². The number of carbonyl (C=O) groups is 1. The van der Waals surface area contributed by atoms with Crippen molar-refractivity contribution < 1.29 is 22.7 Å². The van der Waals surface area contributed by atoms with Crippen molar-refractivity contribution in [1.29, 1.82) is 0 Å². The number of rotatable bonds is 5. The van der Waals surface area contributed by atoms with Gasteiger partial charge in [-0.2, -0.15) is 0 Å². The summed E-state index contributed by atoms with van der Waals surface area (Å²) in [5.74, 6) is -1.27. The third-order valence-electron chi connectivity index (χ3n) is 3.73. The number of halogens is 2. The number of phenols is 1. The highest BCUT2D eigenvalue weighted by Crippen LogP contribution is 2.27. The summed E-state index contributed by atoms with van der Waals surface area (Å²) in [6, 6.07) is 14.6. The molecular formula is C19H14ClFN2O4S. The zero-order chi connectivity index (χ0) is 20.3. The van der Waals surface area contributed by atoms with E-state index in [2.05, 4.69) is 10.0 Å². The first kappa shape index (κ1) is 19.7. The van der Waals surface area contributed by atoms with Crippen LogP contribution in [-0.4, -0.2) is 19.4 Å². The molecule has 0 fully saturated rings. The van der Waals surface area contributed by atoms with Gasteiger partial charge in [-0.1, -0.05) is 23.7 Å². The average Bonchev–Trinajstić information content (AvgIpc) is 2.65. The van der Waals surface area contributed by atoms with Crippen LogP contribution in [0.1, 0.15) is 10.4 Å². The lowest BCUT2D eigenvalue weighted by Crippen LogP contribution is -2.16. The molecule has 0 spiro atoms. The first-order chi connectivity index (χ1) is 13.3. The van der Waals surface area contributed by atoms with Crippen LogP contribution in [0.4, 0.5) is 15.8 Å². The summed E-state index contributed by atoms with van der Waals surface area (Å²) < 4.78 is 40.5. The van der Waals surface area contributed by atoms with Crippen molar-refractivity contribution in [3.63, 3.8) is 0 Å². The van der Waals surface area contributed by atoms with Gasteiger partial charge >= 0.3 is 0 Å². The second kappa shape index (κ2) is 7.87. The maximum atomic E-state index is 13.0. The normalized spacial score (nSPS) is 11.1. The van der Waals surface area contributed by atoms with Crippen molar-refractivity contribution in [2.45, 2.75) is 4.90 Å². The van der Waals surface area contributed by atoms with Crippen LogP contribution in [0.3, 0.4) is 0 Å². The van der Waals surface area contributed by atoms with Crippen LogP contribution < -0.4 is 10.0 Å². The van der Waals surface area contributed by atoms with Gasteiger partial charge < -0.3 is 10.4 Å². The van der Waals surface area contributed by atoms with Crippen LogP contribution in [0.25, 0.3) is 0 Å². The van der Waals surface area contributed by atoms with E-state index in [1.54, 1.807) is 12.1 Å². The molecular weight excluding hydrogens is 407 g/mol. The Labute approximate surface area is 165 Å². The minimum atomic E-state index is -4.13. The molecule has 0 saturated heterocycles. The smallest absolute Gasteiger partial charge is 0.263 e. The fraction of sp³-hybridized carbons (Fsp3) is 0. The van der Waals surface area contributed by atoms with Crippen molar-refractivity contribution in [2.75, 3.05) is 10.0 Å². The Hall–Kier alpha value is -3.10. The van der Waals surface area contributed by atoms with Crippen molar-refractivity contribution in [3.05, 3.63) is 83.1 Å². The number of para-hydroxylation sites is 2. The lowest BCUT2D eigenvalue weighted by molar-refractivity contribution is 0.102. The molecule has 3 rings (SSSR count). The summed E-state index contributed by atoms with van der Waals surface area (Å²) in [5, 5.41) is 12.2. The highest BCUT2D eigenvalue weighted by atomic mass is 35.5. The fourth-order valence-electron chi connectivity index (χ4n) is 2.35. The molecule has 3 N–H and O–H groups in total. The molecule has 9 heteroatoms. The lowest BCUT2D eigenvalue weighted by atomic mass is 10.2. The Kier molecular flexibility index (Phi) is 5.53. The SMILES string of the molecule is O=C(Nc1ccccc1O)c1ccc(Cl)c(S(=O)(=O)Nc2ccc(F)cc2)c1. The van der Waals surface area contributed by atoms with Gasteiger partial charge in [0.25, 0.3) is 15.9 Å². The molecule has 0 unspecified atom stereocenters. The topological polar surface area (TPSA) is 95.5 Å². The van der Waals surface area contributed by atoms with Gasteiger partial charge in [0.15, 0.2) is 0 Å². The molecule has 0 radical (unpaired) electrons. The summed E-state index contributed by atoms with van der Waals surface area (Å²) in [6.07, 6.45) is 0. The van der Waals surface area contributed by atoms with E-state index in [4.69, 9.17) is 11.6 Å². The van der Waals surface area contributed by atoms with E-state index in [0.717, 1.165) is 18.2 Å². The zero-order valence-electron chi connectivity index (χ0n) is 14.2. The number of carbonyl (C=O) groups excluding carboxylic acids is 1. The predicted octanol–water partition coefficient (Wildman–Crippen LogP) is 4.24. The van der Waals surface area contributed by atoms with Crippen LogP contribution in [0, 0.1) is 5.82 Å². The molecule has 0 atom stereocenters. The summed E-state index contributed by atoms with van der Waals surface area (Å²) in [4.78, 5) is 12.1. The van der Waals surface area contributed by atoms with Gasteiger partial charge in [-0.3, -0.25) is 9.52 Å². The second-order valence-corrected chi connectivity index (χ2v) is 7.79. The van der Waals surface area contributed by atoms with E-state index < -0.39 is 21.7 Å². The Bertz CT molecular complexity index is 1130. The highest BCUT2D eigenvalue weighted by Gasteiger charge is 2.21. The molecule has 1 amide bonds. The molecule has 28 heavy (non-hydrogen) atoms. The van der Waals surface area contributed by atoms with E-state index in [0.29, 0.717) is 0 Å². The number of anilines is 2. The maximum absolute atomic E-state index is 13.0. The van der Waals surface area contributed by atoms with Crippen LogP contribution >= 0.6 is 11.6 Å². The van der Waals surface area contributed by atoms with E-state index in [-0.39, 0.29) is 32.6 Å². The molecule has 3 aromatic rings. The van der Waals surface area contributed by atoms with E-state index in [1.165, 1.54) is 36.4 Å². The molecule has 0 heterocycles. The standard InChI is InChI=1S/C19H14ClFN2O4S/c20-15-10-5-12(19(25)22-16-3-1-2-4-17(16)24)11-18(15)28(26,27)23-14-8-6-13(21)7-9-14/h1-11,23-24H,(H,22,25). The molecule has 0 saturated carbocycles. The van der Waals surface area contributed by atoms with Gasteiger partial charge in [-0.05, 0) is 54.6 Å². The van der Waals surface area contributed by atoms with Crippen molar-refractivity contribution >= 4 is 38.9 Å². The van der Waals surface area contributed by atoms with Gasteiger partial charge in [0.1, 0.15) is 16.5 Å². The van der Waals surface area contributed by atoms with Crippen molar-refractivity contribution in [3.8, 4) is 5.75 Å². The Morgan fingerprint density at radius 3 is 2.36 bits per heavy atom. The molecule has 0 aliphatic rings. The first-order valence-electron chi connectivity index (χ1n) is 7.93. The number of aromatic hydroxyl groups is 1. The third kappa shape index (κ3) is 4.41. The minimum absolute atomic E-state index is 0.0205. The number of amides is 1. The molecule has 0 aliphatic heterocycles. The predicted molar refractivity (Wildman–Crippen MR) is 105 cm³/mol. The number of phenolic OH excluding ortho intramolecular Hbond substituents is 1. The van der Waals surface area contributed by atoms with Gasteiger partial charge in [0.2, 0.25) is 0 Å². The van der Waals surface area contributed by atoms with Gasteiger partial charge in [0, 0.05) is 11.3 Å². The van der Waals surface area contributed by atoms with Crippen LogP contribution in [0.15, 0.2) is 71.6 Å². The summed E-state index contributed by atoms with van der Waals surface area (Å²) >= 11 is 6.01. The number of sulfonamides is 1. The second-order valence-electron chi connectivity index (χ2n) is 5.73. The van der Waals surface area contributed by atoms with Gasteiger partial charge in [-0.15, -0.1) is 0 Å². The van der Waals surface area contributed by atoms with E-state index in [9.17, 15) is 22.7 Å². The molecule has 0 aliphatic carbocycles. The molecule has 0 bridgehead atoms. The first-order valence-corrected chi connectivity index (χ1v) is 9.80. The minimum Gasteiger partial charge on any atom is -0.506 e. The molecule has 144 valence electrons. The number of hydrogen-bond donors (Lipinski definition) is 3. The molecule has 0 aromatic heterocycles. The van der Waals surface area contributed by atoms with Crippen molar-refractivity contribution in [2.24, 2.45) is 0 Å². The summed E-state index contributed by atoms with van der Waals surface area (Å²) in [6.45, 7) is 0. The van der Waals surface area contributed by atoms with E-state index in [1.807, 2.05) is 0 Å². The number of nitrogens with one attached hydrogen (secondary N) is 2. The number of hydrogen-bond acceptors (Lipinski definition) is 4.